The standard InChI is InChI=1S/C17H16N4O6/c22-12-10(6-26-17(25)9-4-2-1-3-5-9)27-16(13(12)23)21-8-20-11-14(21)18-7-19-15(11)24/h1-5,7-8,10,12-13,16,22-23H,6H2,(H,18,19,24)/t10-,12+,13-,16-/m0/s1. The minimum Gasteiger partial charge on any atom is -0.459 e. The van der Waals surface area contributed by atoms with Crippen molar-refractivity contribution in [3.8, 4) is 0 Å². The average molecular weight is 372 g/mol. The molecule has 0 spiro atoms. The number of hydrogen-bond acceptors (Lipinski definition) is 8. The fourth-order valence-electron chi connectivity index (χ4n) is 2.96. The molecule has 1 fully saturated rings. The number of esters is 1. The van der Waals surface area contributed by atoms with E-state index in [1.165, 1.54) is 17.2 Å². The van der Waals surface area contributed by atoms with Gasteiger partial charge in [0.25, 0.3) is 5.56 Å². The van der Waals surface area contributed by atoms with Gasteiger partial charge in [-0.25, -0.2) is 14.8 Å². The molecule has 0 amide bonds. The number of aromatic amines is 1. The van der Waals surface area contributed by atoms with Gasteiger partial charge in [-0.3, -0.25) is 9.36 Å². The first kappa shape index (κ1) is 17.3. The molecule has 0 radical (unpaired) electrons. The molecule has 4 rings (SSSR count). The Balaban J connectivity index is 1.50. The lowest BCUT2D eigenvalue weighted by atomic mass is 10.1. The smallest absolute Gasteiger partial charge is 0.338 e. The minimum atomic E-state index is -1.32. The van der Waals surface area contributed by atoms with Gasteiger partial charge in [-0.1, -0.05) is 18.2 Å². The van der Waals surface area contributed by atoms with Crippen LogP contribution in [0.5, 0.6) is 0 Å². The normalized spacial score (nSPS) is 25.0. The summed E-state index contributed by atoms with van der Waals surface area (Å²) in [4.78, 5) is 34.2. The van der Waals surface area contributed by atoms with Crippen LogP contribution >= 0.6 is 0 Å². The molecular weight excluding hydrogens is 356 g/mol. The summed E-state index contributed by atoms with van der Waals surface area (Å²) in [5.74, 6) is -0.564. The van der Waals surface area contributed by atoms with Gasteiger partial charge < -0.3 is 24.7 Å². The van der Waals surface area contributed by atoms with E-state index >= 15 is 0 Å². The van der Waals surface area contributed by atoms with Crippen LogP contribution in [-0.2, 0) is 9.47 Å². The van der Waals surface area contributed by atoms with E-state index in [4.69, 9.17) is 9.47 Å². The fourth-order valence-corrected chi connectivity index (χ4v) is 2.96. The number of hydrogen-bond donors (Lipinski definition) is 3. The van der Waals surface area contributed by atoms with Gasteiger partial charge in [-0.15, -0.1) is 0 Å². The molecule has 27 heavy (non-hydrogen) atoms. The topological polar surface area (TPSA) is 140 Å². The number of fused-ring (bicyclic) bond motifs is 1. The van der Waals surface area contributed by atoms with Crippen molar-refractivity contribution in [3.63, 3.8) is 0 Å². The van der Waals surface area contributed by atoms with Gasteiger partial charge in [0.1, 0.15) is 24.9 Å². The summed E-state index contributed by atoms with van der Waals surface area (Å²) >= 11 is 0. The second-order valence-corrected chi connectivity index (χ2v) is 6.07. The Hall–Kier alpha value is -3.08. The highest BCUT2D eigenvalue weighted by Gasteiger charge is 2.45. The third kappa shape index (κ3) is 3.10. The van der Waals surface area contributed by atoms with Crippen LogP contribution < -0.4 is 5.56 Å². The number of carbonyl (C=O) groups excluding carboxylic acids is 1. The number of rotatable bonds is 4. The number of nitrogens with one attached hydrogen (secondary N) is 1. The maximum Gasteiger partial charge on any atom is 0.338 e. The van der Waals surface area contributed by atoms with Crippen molar-refractivity contribution in [2.45, 2.75) is 24.5 Å². The maximum atomic E-state index is 12.0. The Morgan fingerprint density at radius 3 is 2.78 bits per heavy atom. The van der Waals surface area contributed by atoms with Crippen molar-refractivity contribution in [2.24, 2.45) is 0 Å². The van der Waals surface area contributed by atoms with Crippen molar-refractivity contribution in [3.05, 3.63) is 58.9 Å². The van der Waals surface area contributed by atoms with Crippen molar-refractivity contribution >= 4 is 17.1 Å². The summed E-state index contributed by atoms with van der Waals surface area (Å²) in [6.45, 7) is -0.247. The van der Waals surface area contributed by atoms with Gasteiger partial charge in [-0.05, 0) is 12.1 Å². The number of aromatic nitrogens is 4. The first-order valence-electron chi connectivity index (χ1n) is 8.20. The Bertz CT molecular complexity index is 1020. The Labute approximate surface area is 152 Å². The molecule has 1 aliphatic rings. The van der Waals surface area contributed by atoms with E-state index in [-0.39, 0.29) is 17.8 Å². The molecule has 10 nitrogen and oxygen atoms in total. The van der Waals surface area contributed by atoms with Crippen LogP contribution in [0.4, 0.5) is 0 Å². The van der Waals surface area contributed by atoms with Crippen LogP contribution in [0.15, 0.2) is 47.8 Å². The zero-order valence-corrected chi connectivity index (χ0v) is 13.9. The SMILES string of the molecule is O=C(OC[C@@H]1O[C@H](n2cnc3c(=O)[nH]cnc32)[C@@H](O)[C@@H]1O)c1ccccc1. The summed E-state index contributed by atoms with van der Waals surface area (Å²) in [5, 5.41) is 20.6. The molecule has 4 atom stereocenters. The Morgan fingerprint density at radius 2 is 2.00 bits per heavy atom. The summed E-state index contributed by atoms with van der Waals surface area (Å²) in [6.07, 6.45) is -2.08. The summed E-state index contributed by atoms with van der Waals surface area (Å²) in [6, 6.07) is 8.39. The van der Waals surface area contributed by atoms with Crippen molar-refractivity contribution in [1.82, 2.24) is 19.5 Å². The lowest BCUT2D eigenvalue weighted by Crippen LogP contribution is -2.34. The number of carbonyl (C=O) groups is 1. The molecule has 2 aromatic heterocycles. The van der Waals surface area contributed by atoms with Crippen molar-refractivity contribution in [1.29, 1.82) is 0 Å². The van der Waals surface area contributed by atoms with Gasteiger partial charge in [-0.2, -0.15) is 0 Å². The highest BCUT2D eigenvalue weighted by Crippen LogP contribution is 2.31. The van der Waals surface area contributed by atoms with E-state index in [1.807, 2.05) is 0 Å². The highest BCUT2D eigenvalue weighted by molar-refractivity contribution is 5.89. The van der Waals surface area contributed by atoms with Gasteiger partial charge in [0.2, 0.25) is 0 Å². The van der Waals surface area contributed by atoms with Crippen LogP contribution in [0.2, 0.25) is 0 Å². The van der Waals surface area contributed by atoms with Gasteiger partial charge in [0.15, 0.2) is 17.4 Å². The molecule has 0 bridgehead atoms. The van der Waals surface area contributed by atoms with Crippen LogP contribution in [0.25, 0.3) is 11.2 Å². The highest BCUT2D eigenvalue weighted by atomic mass is 16.6. The number of aliphatic hydroxyl groups is 2. The molecule has 3 N–H and O–H groups in total. The predicted molar refractivity (Wildman–Crippen MR) is 90.8 cm³/mol. The lowest BCUT2D eigenvalue weighted by molar-refractivity contribution is -0.0565. The van der Waals surface area contributed by atoms with E-state index in [0.717, 1.165) is 0 Å². The first-order chi connectivity index (χ1) is 13.1. The van der Waals surface area contributed by atoms with Gasteiger partial charge >= 0.3 is 5.97 Å². The summed E-state index contributed by atoms with van der Waals surface area (Å²) in [7, 11) is 0. The number of aliphatic hydroxyl groups excluding tert-OH is 2. The zero-order valence-electron chi connectivity index (χ0n) is 13.9. The van der Waals surface area contributed by atoms with Gasteiger partial charge in [0.05, 0.1) is 18.2 Å². The van der Waals surface area contributed by atoms with Crippen LogP contribution in [-0.4, -0.2) is 60.6 Å². The van der Waals surface area contributed by atoms with Crippen LogP contribution in [0.3, 0.4) is 0 Å². The van der Waals surface area contributed by atoms with Crippen LogP contribution in [0, 0.1) is 0 Å². The number of benzene rings is 1. The molecule has 10 heteroatoms. The predicted octanol–water partition coefficient (Wildman–Crippen LogP) is -0.404. The molecule has 1 aromatic carbocycles. The average Bonchev–Trinajstić information content (AvgIpc) is 3.23. The second-order valence-electron chi connectivity index (χ2n) is 6.07. The second kappa shape index (κ2) is 6.91. The van der Waals surface area contributed by atoms with E-state index in [1.54, 1.807) is 30.3 Å². The Morgan fingerprint density at radius 1 is 1.22 bits per heavy atom. The Kier molecular flexibility index (Phi) is 4.44. The molecule has 140 valence electrons. The quantitative estimate of drug-likeness (QED) is 0.526. The molecule has 0 saturated carbocycles. The third-order valence-electron chi connectivity index (χ3n) is 4.36. The van der Waals surface area contributed by atoms with E-state index in [9.17, 15) is 19.8 Å². The van der Waals surface area contributed by atoms with E-state index in [0.29, 0.717) is 5.56 Å². The number of nitrogens with zero attached hydrogens (tertiary/aromatic N) is 3. The summed E-state index contributed by atoms with van der Waals surface area (Å²) in [5.41, 5.74) is 0.227. The van der Waals surface area contributed by atoms with E-state index < -0.39 is 36.1 Å². The molecule has 1 aliphatic heterocycles. The molecule has 0 unspecified atom stereocenters. The molecular formula is C17H16N4O6. The zero-order chi connectivity index (χ0) is 19.0. The molecule has 3 aromatic rings. The number of ether oxygens (including phenoxy) is 2. The molecule has 0 aliphatic carbocycles. The van der Waals surface area contributed by atoms with Crippen molar-refractivity contribution < 1.29 is 24.5 Å². The monoisotopic (exact) mass is 372 g/mol. The molecule has 3 heterocycles. The minimum absolute atomic E-state index is 0.0849. The maximum absolute atomic E-state index is 12.0. The summed E-state index contributed by atoms with van der Waals surface area (Å²) < 4.78 is 12.2. The van der Waals surface area contributed by atoms with E-state index in [2.05, 4.69) is 15.0 Å². The third-order valence-corrected chi connectivity index (χ3v) is 4.36. The lowest BCUT2D eigenvalue weighted by Gasteiger charge is -2.16. The first-order valence-corrected chi connectivity index (χ1v) is 8.20. The molecule has 1 saturated heterocycles. The number of H-pyrrole nitrogens is 1. The van der Waals surface area contributed by atoms with Crippen LogP contribution in [0.1, 0.15) is 16.6 Å². The largest absolute Gasteiger partial charge is 0.459 e. The fraction of sp³-hybridized carbons (Fsp3) is 0.294. The van der Waals surface area contributed by atoms with Gasteiger partial charge in [0, 0.05) is 0 Å². The van der Waals surface area contributed by atoms with Crippen molar-refractivity contribution in [2.75, 3.05) is 6.61 Å². The number of imidazole rings is 1.